The van der Waals surface area contributed by atoms with E-state index in [2.05, 4.69) is 40.0 Å². The van der Waals surface area contributed by atoms with Crippen molar-refractivity contribution < 1.29 is 9.59 Å². The Morgan fingerprint density at radius 2 is 1.48 bits per heavy atom. The number of nitrogens with zero attached hydrogens (tertiary/aromatic N) is 2. The number of rotatable bonds is 4. The van der Waals surface area contributed by atoms with Gasteiger partial charge in [0.15, 0.2) is 0 Å². The Morgan fingerprint density at radius 3 is 2.19 bits per heavy atom. The molecule has 2 N–H and O–H groups in total. The summed E-state index contributed by atoms with van der Waals surface area (Å²) in [6.07, 6.45) is 1.01. The second kappa shape index (κ2) is 8.92. The van der Waals surface area contributed by atoms with E-state index in [9.17, 15) is 9.59 Å². The van der Waals surface area contributed by atoms with Crippen LogP contribution >= 0.6 is 0 Å². The summed E-state index contributed by atoms with van der Waals surface area (Å²) in [6.45, 7) is 1.81. The third kappa shape index (κ3) is 4.69. The maximum Gasteiger partial charge on any atom is 0.269 e. The molecule has 3 aromatic rings. The van der Waals surface area contributed by atoms with Crippen LogP contribution < -0.4 is 20.7 Å². The Kier molecular flexibility index (Phi) is 5.89. The predicted molar refractivity (Wildman–Crippen MR) is 123 cm³/mol. The van der Waals surface area contributed by atoms with E-state index in [0.717, 1.165) is 30.9 Å². The monoisotopic (exact) mass is 414 g/mol. The molecule has 0 aliphatic carbocycles. The van der Waals surface area contributed by atoms with Crippen LogP contribution in [0.1, 0.15) is 31.8 Å². The Morgan fingerprint density at radius 1 is 0.806 bits per heavy atom. The van der Waals surface area contributed by atoms with Crippen LogP contribution in [0.2, 0.25) is 0 Å². The lowest BCUT2D eigenvalue weighted by Crippen LogP contribution is -2.41. The van der Waals surface area contributed by atoms with Crippen LogP contribution in [0.15, 0.2) is 72.8 Å². The van der Waals surface area contributed by atoms with Gasteiger partial charge in [0.25, 0.3) is 11.8 Å². The maximum absolute atomic E-state index is 12.5. The molecule has 1 aliphatic rings. The Hall–Kier alpha value is -3.80. The van der Waals surface area contributed by atoms with Crippen LogP contribution in [-0.2, 0) is 13.0 Å². The van der Waals surface area contributed by atoms with E-state index in [-0.39, 0.29) is 11.8 Å². The standard InChI is InChI=1S/C25H26N4O2/c1-28(2)23-9-5-8-20(16-23)25(31)27-26-24(30)19-10-12-22(13-11-19)29-15-14-18-6-3-4-7-21(18)17-29/h3-13,16H,14-15,17H2,1-2H3,(H,26,30)(H,27,31). The van der Waals surface area contributed by atoms with Crippen LogP contribution in [0, 0.1) is 0 Å². The molecule has 6 heteroatoms. The highest BCUT2D eigenvalue weighted by Gasteiger charge is 2.17. The number of amides is 2. The fourth-order valence-electron chi connectivity index (χ4n) is 3.72. The zero-order chi connectivity index (χ0) is 21.8. The normalized spacial score (nSPS) is 12.6. The fraction of sp³-hybridized carbons (Fsp3) is 0.200. The molecule has 0 atom stereocenters. The van der Waals surface area contributed by atoms with E-state index in [1.165, 1.54) is 11.1 Å². The van der Waals surface area contributed by atoms with Crippen LogP contribution in [0.5, 0.6) is 0 Å². The zero-order valence-corrected chi connectivity index (χ0v) is 17.8. The van der Waals surface area contributed by atoms with Crippen molar-refractivity contribution in [1.82, 2.24) is 10.9 Å². The van der Waals surface area contributed by atoms with Crippen molar-refractivity contribution >= 4 is 23.2 Å². The second-order valence-corrected chi connectivity index (χ2v) is 7.84. The van der Waals surface area contributed by atoms with Crippen LogP contribution in [0.3, 0.4) is 0 Å². The van der Waals surface area contributed by atoms with Gasteiger partial charge in [0.2, 0.25) is 0 Å². The van der Waals surface area contributed by atoms with Crippen molar-refractivity contribution in [1.29, 1.82) is 0 Å². The summed E-state index contributed by atoms with van der Waals surface area (Å²) in [5.74, 6) is -0.715. The lowest BCUT2D eigenvalue weighted by Gasteiger charge is -2.30. The highest BCUT2D eigenvalue weighted by Crippen LogP contribution is 2.24. The molecule has 0 fully saturated rings. The third-order valence-electron chi connectivity index (χ3n) is 5.54. The number of hydrogen-bond donors (Lipinski definition) is 2. The molecule has 2 amide bonds. The number of carbonyl (C=O) groups excluding carboxylic acids is 2. The van der Waals surface area contributed by atoms with Gasteiger partial charge in [-0.3, -0.25) is 20.4 Å². The highest BCUT2D eigenvalue weighted by atomic mass is 16.2. The molecule has 1 aliphatic heterocycles. The molecule has 0 spiro atoms. The van der Waals surface area contributed by atoms with Crippen molar-refractivity contribution in [3.8, 4) is 0 Å². The summed E-state index contributed by atoms with van der Waals surface area (Å²) in [5, 5.41) is 0. The number of hydrogen-bond acceptors (Lipinski definition) is 4. The van der Waals surface area contributed by atoms with E-state index in [4.69, 9.17) is 0 Å². The second-order valence-electron chi connectivity index (χ2n) is 7.84. The van der Waals surface area contributed by atoms with E-state index in [0.29, 0.717) is 11.1 Å². The summed E-state index contributed by atoms with van der Waals surface area (Å²) in [7, 11) is 3.82. The van der Waals surface area contributed by atoms with E-state index < -0.39 is 0 Å². The maximum atomic E-state index is 12.5. The first-order valence-electron chi connectivity index (χ1n) is 10.3. The summed E-state index contributed by atoms with van der Waals surface area (Å²) in [6, 6.07) is 23.2. The molecule has 4 rings (SSSR count). The van der Waals surface area contributed by atoms with Crippen molar-refractivity contribution in [3.05, 3.63) is 95.1 Å². The zero-order valence-electron chi connectivity index (χ0n) is 17.8. The molecule has 0 saturated carbocycles. The molecular weight excluding hydrogens is 388 g/mol. The molecule has 31 heavy (non-hydrogen) atoms. The molecular formula is C25H26N4O2. The van der Waals surface area contributed by atoms with Gasteiger partial charge in [-0.15, -0.1) is 0 Å². The van der Waals surface area contributed by atoms with Gasteiger partial charge in [-0.05, 0) is 60.0 Å². The first kappa shape index (κ1) is 20.5. The van der Waals surface area contributed by atoms with Crippen LogP contribution in [0.4, 0.5) is 11.4 Å². The summed E-state index contributed by atoms with van der Waals surface area (Å²) < 4.78 is 0. The topological polar surface area (TPSA) is 64.7 Å². The molecule has 158 valence electrons. The van der Waals surface area contributed by atoms with Crippen molar-refractivity contribution in [2.75, 3.05) is 30.4 Å². The Bertz CT molecular complexity index is 1090. The van der Waals surface area contributed by atoms with Gasteiger partial charge >= 0.3 is 0 Å². The quantitative estimate of drug-likeness (QED) is 0.643. The van der Waals surface area contributed by atoms with Gasteiger partial charge in [0, 0.05) is 49.7 Å². The van der Waals surface area contributed by atoms with Gasteiger partial charge in [0.1, 0.15) is 0 Å². The van der Waals surface area contributed by atoms with Crippen LogP contribution in [0.25, 0.3) is 0 Å². The molecule has 0 aromatic heterocycles. The molecule has 0 saturated heterocycles. The minimum Gasteiger partial charge on any atom is -0.378 e. The number of fused-ring (bicyclic) bond motifs is 1. The van der Waals surface area contributed by atoms with Gasteiger partial charge in [-0.1, -0.05) is 30.3 Å². The molecule has 0 unspecified atom stereocenters. The van der Waals surface area contributed by atoms with Gasteiger partial charge < -0.3 is 9.80 Å². The molecule has 3 aromatic carbocycles. The minimum atomic E-state index is -0.361. The predicted octanol–water partition coefficient (Wildman–Crippen LogP) is 3.39. The van der Waals surface area contributed by atoms with Gasteiger partial charge in [-0.2, -0.15) is 0 Å². The van der Waals surface area contributed by atoms with E-state index in [1.54, 1.807) is 24.3 Å². The molecule has 0 radical (unpaired) electrons. The van der Waals surface area contributed by atoms with Crippen molar-refractivity contribution in [2.45, 2.75) is 13.0 Å². The van der Waals surface area contributed by atoms with Gasteiger partial charge in [0.05, 0.1) is 0 Å². The van der Waals surface area contributed by atoms with E-state index >= 15 is 0 Å². The third-order valence-corrected chi connectivity index (χ3v) is 5.54. The van der Waals surface area contributed by atoms with E-state index in [1.807, 2.05) is 43.3 Å². The minimum absolute atomic E-state index is 0.354. The summed E-state index contributed by atoms with van der Waals surface area (Å²) >= 11 is 0. The largest absolute Gasteiger partial charge is 0.378 e. The number of carbonyl (C=O) groups is 2. The van der Waals surface area contributed by atoms with Crippen molar-refractivity contribution in [2.24, 2.45) is 0 Å². The molecule has 0 bridgehead atoms. The van der Waals surface area contributed by atoms with Gasteiger partial charge in [-0.25, -0.2) is 0 Å². The number of benzene rings is 3. The fourth-order valence-corrected chi connectivity index (χ4v) is 3.72. The average molecular weight is 415 g/mol. The average Bonchev–Trinajstić information content (AvgIpc) is 2.82. The first-order chi connectivity index (χ1) is 15.0. The van der Waals surface area contributed by atoms with Crippen molar-refractivity contribution in [3.63, 3.8) is 0 Å². The molecule has 6 nitrogen and oxygen atoms in total. The SMILES string of the molecule is CN(C)c1cccc(C(=O)NNC(=O)c2ccc(N3CCc4ccccc4C3)cc2)c1. The summed E-state index contributed by atoms with van der Waals surface area (Å²) in [4.78, 5) is 29.0. The number of nitrogens with one attached hydrogen (secondary N) is 2. The lowest BCUT2D eigenvalue weighted by molar-refractivity contribution is 0.0846. The molecule has 1 heterocycles. The Labute approximate surface area is 182 Å². The van der Waals surface area contributed by atoms with Crippen LogP contribution in [-0.4, -0.2) is 32.5 Å². The smallest absolute Gasteiger partial charge is 0.269 e. The number of hydrazine groups is 1. The first-order valence-corrected chi connectivity index (χ1v) is 10.3. The lowest BCUT2D eigenvalue weighted by atomic mass is 9.99. The highest BCUT2D eigenvalue weighted by molar-refractivity contribution is 5.99. The number of anilines is 2. The Balaban J connectivity index is 1.36. The summed E-state index contributed by atoms with van der Waals surface area (Å²) in [5.41, 5.74) is 10.7.